The number of fused-ring (bicyclic) bond motifs is 1. The maximum atomic E-state index is 12.8. The van der Waals surface area contributed by atoms with E-state index in [-0.39, 0.29) is 36.3 Å². The van der Waals surface area contributed by atoms with Gasteiger partial charge in [0.05, 0.1) is 41.7 Å². The number of hydrogen-bond donors (Lipinski definition) is 2. The minimum atomic E-state index is -0.629. The predicted octanol–water partition coefficient (Wildman–Crippen LogP) is 5.61. The molecule has 0 saturated carbocycles. The number of ether oxygens (including phenoxy) is 2. The number of rotatable bonds is 10. The third kappa shape index (κ3) is 6.97. The Bertz CT molecular complexity index is 1990. The first-order valence-corrected chi connectivity index (χ1v) is 16.6. The number of tetrazole rings is 1. The quantitative estimate of drug-likeness (QED) is 0.179. The smallest absolute Gasteiger partial charge is 0.271 e. The molecule has 2 aromatic heterocycles. The van der Waals surface area contributed by atoms with Gasteiger partial charge in [-0.15, -0.1) is 5.10 Å². The molecule has 0 aliphatic carbocycles. The monoisotopic (exact) mass is 659 g/mol. The van der Waals surface area contributed by atoms with Gasteiger partial charge in [0.1, 0.15) is 5.69 Å². The van der Waals surface area contributed by atoms with Crippen LogP contribution in [0.1, 0.15) is 52.1 Å². The minimum Gasteiger partial charge on any atom is -0.392 e. The molecule has 0 radical (unpaired) electrons. The van der Waals surface area contributed by atoms with Crippen LogP contribution in [0.4, 0.5) is 0 Å². The van der Waals surface area contributed by atoms with E-state index in [2.05, 4.69) is 37.7 Å². The van der Waals surface area contributed by atoms with E-state index in [9.17, 15) is 9.90 Å². The highest BCUT2D eigenvalue weighted by Crippen LogP contribution is 2.43. The van der Waals surface area contributed by atoms with Gasteiger partial charge in [0, 0.05) is 23.8 Å². The summed E-state index contributed by atoms with van der Waals surface area (Å²) in [6, 6.07) is 32.9. The molecule has 12 heteroatoms. The molecule has 1 aliphatic heterocycles. The number of hydrogen-bond acceptors (Lipinski definition) is 10. The Morgan fingerprint density at radius 1 is 0.875 bits per heavy atom. The third-order valence-electron chi connectivity index (χ3n) is 8.33. The number of nitrogens with zero attached hydrogens (tertiary/aromatic N) is 6. The molecule has 7 rings (SSSR count). The van der Waals surface area contributed by atoms with Crippen LogP contribution in [-0.4, -0.2) is 53.0 Å². The van der Waals surface area contributed by atoms with E-state index in [1.54, 1.807) is 4.68 Å². The van der Waals surface area contributed by atoms with Crippen molar-refractivity contribution in [1.29, 1.82) is 0 Å². The van der Waals surface area contributed by atoms with E-state index in [4.69, 9.17) is 9.47 Å². The minimum absolute atomic E-state index is 0.00229. The molecule has 0 spiro atoms. The lowest BCUT2D eigenvalue weighted by atomic mass is 9.91. The van der Waals surface area contributed by atoms with Gasteiger partial charge in [-0.1, -0.05) is 97.5 Å². The summed E-state index contributed by atoms with van der Waals surface area (Å²) < 4.78 is 14.9. The highest BCUT2D eigenvalue weighted by atomic mass is 32.2. The number of nitrogens with one attached hydrogen (secondary N) is 1. The van der Waals surface area contributed by atoms with Gasteiger partial charge in [-0.25, -0.2) is 4.98 Å². The van der Waals surface area contributed by atoms with Gasteiger partial charge < -0.3 is 19.9 Å². The maximum Gasteiger partial charge on any atom is 0.271 e. The average Bonchev–Trinajstić information content (AvgIpc) is 3.62. The first-order valence-electron chi connectivity index (χ1n) is 15.6. The Kier molecular flexibility index (Phi) is 9.48. The van der Waals surface area contributed by atoms with Gasteiger partial charge in [-0.05, 0) is 51.4 Å². The molecular formula is C36H33N7O4S. The fourth-order valence-corrected chi connectivity index (χ4v) is 6.65. The molecule has 0 unspecified atom stereocenters. The molecule has 11 nitrogen and oxygen atoms in total. The number of para-hydroxylation sites is 3. The van der Waals surface area contributed by atoms with Crippen molar-refractivity contribution < 1.29 is 19.4 Å². The second-order valence-electron chi connectivity index (χ2n) is 11.5. The Balaban J connectivity index is 1.06. The van der Waals surface area contributed by atoms with Crippen LogP contribution in [0.15, 0.2) is 114 Å². The summed E-state index contributed by atoms with van der Waals surface area (Å²) in [7, 11) is 0. The molecule has 0 bridgehead atoms. The Hall–Kier alpha value is -5.01. The number of carbonyl (C=O) groups excluding carboxylic acids is 1. The fraction of sp³-hybridized carbons (Fsp3) is 0.222. The van der Waals surface area contributed by atoms with Crippen molar-refractivity contribution in [3.05, 3.63) is 137 Å². The second kappa shape index (κ2) is 14.4. The van der Waals surface area contributed by atoms with E-state index >= 15 is 0 Å². The van der Waals surface area contributed by atoms with Gasteiger partial charge in [0.25, 0.3) is 5.91 Å². The highest BCUT2D eigenvalue weighted by Gasteiger charge is 2.38. The standard InChI is InChI=1S/C36H33N7O4S/c1-23-32(22-48-36-40-41-42-43(36)28-7-3-2-4-8-28)46-35(47-33(23)26-15-13-25(21-44)14-16-26)27-17-11-24(12-18-27)19-38-34(45)31-20-37-29-9-5-6-10-30(29)39-31/h2-18,20,23,32-33,35,44H,19,21-22H2,1H3,(H,38,45)/t23-,32+,33+,35+/m0/s1. The van der Waals surface area contributed by atoms with E-state index < -0.39 is 6.29 Å². The van der Waals surface area contributed by atoms with Gasteiger partial charge >= 0.3 is 0 Å². The SMILES string of the molecule is C[C@H]1[C@@H](CSc2nnnn2-c2ccccc2)O[C@@H](c2ccc(CNC(=O)c3cnc4ccccc4n3)cc2)O[C@H]1c1ccc(CO)cc1. The molecule has 2 N–H and O–H groups in total. The summed E-state index contributed by atoms with van der Waals surface area (Å²) in [5.41, 5.74) is 6.18. The summed E-state index contributed by atoms with van der Waals surface area (Å²) in [6.07, 6.45) is 0.411. The van der Waals surface area contributed by atoms with Crippen molar-refractivity contribution >= 4 is 28.7 Å². The summed E-state index contributed by atoms with van der Waals surface area (Å²) in [5, 5.41) is 25.5. The third-order valence-corrected chi connectivity index (χ3v) is 9.34. The van der Waals surface area contributed by atoms with E-state index in [1.807, 2.05) is 103 Å². The Labute approximate surface area is 281 Å². The molecule has 1 amide bonds. The van der Waals surface area contributed by atoms with Crippen LogP contribution in [0.25, 0.3) is 16.7 Å². The van der Waals surface area contributed by atoms with Crippen molar-refractivity contribution in [2.24, 2.45) is 5.92 Å². The van der Waals surface area contributed by atoms with Crippen LogP contribution >= 0.6 is 11.8 Å². The van der Waals surface area contributed by atoms with Crippen LogP contribution in [-0.2, 0) is 22.6 Å². The largest absolute Gasteiger partial charge is 0.392 e. The number of benzene rings is 4. The van der Waals surface area contributed by atoms with Crippen molar-refractivity contribution in [2.45, 2.75) is 43.7 Å². The lowest BCUT2D eigenvalue weighted by molar-refractivity contribution is -0.268. The van der Waals surface area contributed by atoms with E-state index in [1.165, 1.54) is 18.0 Å². The predicted molar refractivity (Wildman–Crippen MR) is 180 cm³/mol. The number of thioether (sulfide) groups is 1. The van der Waals surface area contributed by atoms with Gasteiger partial charge in [0.15, 0.2) is 6.29 Å². The van der Waals surface area contributed by atoms with E-state index in [0.29, 0.717) is 23.0 Å². The summed E-state index contributed by atoms with van der Waals surface area (Å²) in [5.74, 6) is 0.308. The lowest BCUT2D eigenvalue weighted by Crippen LogP contribution is -2.38. The zero-order valence-electron chi connectivity index (χ0n) is 26.1. The van der Waals surface area contributed by atoms with Gasteiger partial charge in [-0.2, -0.15) is 4.68 Å². The van der Waals surface area contributed by atoms with Gasteiger partial charge in [0.2, 0.25) is 5.16 Å². The molecule has 48 heavy (non-hydrogen) atoms. The van der Waals surface area contributed by atoms with Crippen LogP contribution in [0.3, 0.4) is 0 Å². The molecule has 1 saturated heterocycles. The normalized spacial score (nSPS) is 19.3. The molecular weight excluding hydrogens is 627 g/mol. The van der Waals surface area contributed by atoms with Crippen LogP contribution in [0, 0.1) is 5.92 Å². The van der Waals surface area contributed by atoms with Gasteiger partial charge in [-0.3, -0.25) is 9.78 Å². The zero-order valence-corrected chi connectivity index (χ0v) is 26.9. The van der Waals surface area contributed by atoms with Crippen LogP contribution in [0.5, 0.6) is 0 Å². The molecule has 1 aliphatic rings. The van der Waals surface area contributed by atoms with Crippen molar-refractivity contribution in [2.75, 3.05) is 5.75 Å². The maximum absolute atomic E-state index is 12.8. The molecule has 242 valence electrons. The summed E-state index contributed by atoms with van der Waals surface area (Å²) >= 11 is 1.53. The molecule has 4 aromatic carbocycles. The number of aliphatic hydroxyl groups is 1. The first kappa shape index (κ1) is 31.6. The first-order chi connectivity index (χ1) is 23.6. The number of carbonyl (C=O) groups is 1. The molecule has 1 fully saturated rings. The fourth-order valence-electron chi connectivity index (χ4n) is 5.60. The summed E-state index contributed by atoms with van der Waals surface area (Å²) in [4.78, 5) is 21.6. The Morgan fingerprint density at radius 3 is 2.35 bits per heavy atom. The molecule has 3 heterocycles. The average molecular weight is 660 g/mol. The number of amides is 1. The van der Waals surface area contributed by atoms with Crippen LogP contribution < -0.4 is 5.32 Å². The van der Waals surface area contributed by atoms with Crippen LogP contribution in [0.2, 0.25) is 0 Å². The number of aliphatic hydroxyl groups excluding tert-OH is 1. The second-order valence-corrected chi connectivity index (χ2v) is 12.5. The lowest BCUT2D eigenvalue weighted by Gasteiger charge is -2.41. The highest BCUT2D eigenvalue weighted by molar-refractivity contribution is 7.99. The molecule has 4 atom stereocenters. The topological polar surface area (TPSA) is 137 Å². The molecule has 6 aromatic rings. The summed E-state index contributed by atoms with van der Waals surface area (Å²) in [6.45, 7) is 2.43. The van der Waals surface area contributed by atoms with Crippen molar-refractivity contribution in [1.82, 2.24) is 35.5 Å². The van der Waals surface area contributed by atoms with Crippen molar-refractivity contribution in [3.8, 4) is 5.69 Å². The van der Waals surface area contributed by atoms with E-state index in [0.717, 1.165) is 33.5 Å². The number of aromatic nitrogens is 6. The Morgan fingerprint density at radius 2 is 1.58 bits per heavy atom. The van der Waals surface area contributed by atoms with Crippen molar-refractivity contribution in [3.63, 3.8) is 0 Å². The zero-order chi connectivity index (χ0) is 32.9.